The predicted molar refractivity (Wildman–Crippen MR) is 85.4 cm³/mol. The maximum Gasteiger partial charge on any atom is 0.0951 e. The van der Waals surface area contributed by atoms with Gasteiger partial charge in [0.2, 0.25) is 0 Å². The molecule has 5 nitrogen and oxygen atoms in total. The van der Waals surface area contributed by atoms with Gasteiger partial charge in [-0.3, -0.25) is 4.68 Å². The second kappa shape index (κ2) is 6.43. The molecule has 0 saturated heterocycles. The van der Waals surface area contributed by atoms with Crippen molar-refractivity contribution in [3.63, 3.8) is 0 Å². The van der Waals surface area contributed by atoms with Gasteiger partial charge in [0.05, 0.1) is 30.5 Å². The number of aromatic nitrogens is 4. The van der Waals surface area contributed by atoms with E-state index in [1.807, 2.05) is 12.5 Å². The second-order valence-electron chi connectivity index (χ2n) is 6.23. The molecule has 0 amide bonds. The van der Waals surface area contributed by atoms with E-state index in [2.05, 4.69) is 61.1 Å². The molecule has 0 bridgehead atoms. The molecule has 2 aromatic rings. The molecular weight excluding hydrogens is 262 g/mol. The van der Waals surface area contributed by atoms with E-state index in [9.17, 15) is 0 Å². The highest BCUT2D eigenvalue weighted by molar-refractivity contribution is 5.25. The lowest BCUT2D eigenvalue weighted by Crippen LogP contribution is -2.22. The van der Waals surface area contributed by atoms with Gasteiger partial charge in [-0.15, -0.1) is 0 Å². The standard InChI is InChI=1S/C16H27N5/c1-11(2)18-8-16-13(5)19-21(14(16)6)9-15-7-17-10-20(15)12(3)4/h7,10-12,18H,8-9H2,1-6H3. The van der Waals surface area contributed by atoms with Gasteiger partial charge < -0.3 is 9.88 Å². The average Bonchev–Trinajstić information content (AvgIpc) is 2.94. The predicted octanol–water partition coefficient (Wildman–Crippen LogP) is 2.82. The number of aryl methyl sites for hydroxylation is 1. The minimum Gasteiger partial charge on any atom is -0.330 e. The van der Waals surface area contributed by atoms with Crippen molar-refractivity contribution in [1.82, 2.24) is 24.6 Å². The van der Waals surface area contributed by atoms with Crippen LogP contribution in [-0.2, 0) is 13.1 Å². The molecule has 0 aliphatic rings. The molecule has 0 fully saturated rings. The van der Waals surface area contributed by atoms with Gasteiger partial charge in [0.1, 0.15) is 0 Å². The minimum atomic E-state index is 0.418. The highest BCUT2D eigenvalue weighted by Gasteiger charge is 2.14. The summed E-state index contributed by atoms with van der Waals surface area (Å²) in [6.07, 6.45) is 3.83. The summed E-state index contributed by atoms with van der Waals surface area (Å²) < 4.78 is 4.28. The zero-order valence-corrected chi connectivity index (χ0v) is 14.0. The summed E-state index contributed by atoms with van der Waals surface area (Å²) in [6.45, 7) is 14.5. The first-order valence-corrected chi connectivity index (χ1v) is 7.67. The van der Waals surface area contributed by atoms with Crippen LogP contribution in [0.5, 0.6) is 0 Å². The fraction of sp³-hybridized carbons (Fsp3) is 0.625. The third-order valence-electron chi connectivity index (χ3n) is 3.83. The third kappa shape index (κ3) is 3.53. The summed E-state index contributed by atoms with van der Waals surface area (Å²) in [7, 11) is 0. The minimum absolute atomic E-state index is 0.418. The molecule has 1 N–H and O–H groups in total. The van der Waals surface area contributed by atoms with Gasteiger partial charge in [-0.1, -0.05) is 13.8 Å². The van der Waals surface area contributed by atoms with E-state index in [0.717, 1.165) is 18.8 Å². The van der Waals surface area contributed by atoms with Crippen molar-refractivity contribution < 1.29 is 0 Å². The summed E-state index contributed by atoms with van der Waals surface area (Å²) >= 11 is 0. The van der Waals surface area contributed by atoms with Crippen molar-refractivity contribution in [3.05, 3.63) is 35.2 Å². The summed E-state index contributed by atoms with van der Waals surface area (Å²) in [6, 6.07) is 0.899. The molecule has 0 radical (unpaired) electrons. The Morgan fingerprint density at radius 1 is 1.19 bits per heavy atom. The number of nitrogens with one attached hydrogen (secondary N) is 1. The lowest BCUT2D eigenvalue weighted by Gasteiger charge is -2.13. The first-order valence-electron chi connectivity index (χ1n) is 7.67. The summed E-state index contributed by atoms with van der Waals surface area (Å²) in [5.41, 5.74) is 4.84. The lowest BCUT2D eigenvalue weighted by atomic mass is 10.2. The van der Waals surface area contributed by atoms with Crippen molar-refractivity contribution in [2.45, 2.75) is 66.7 Å². The Kier molecular flexibility index (Phi) is 4.83. The normalized spacial score (nSPS) is 11.8. The zero-order chi connectivity index (χ0) is 15.6. The van der Waals surface area contributed by atoms with Gasteiger partial charge in [-0.25, -0.2) is 4.98 Å². The molecule has 0 spiro atoms. The van der Waals surface area contributed by atoms with Crippen LogP contribution in [0.25, 0.3) is 0 Å². The highest BCUT2D eigenvalue weighted by Crippen LogP contribution is 2.16. The monoisotopic (exact) mass is 289 g/mol. The lowest BCUT2D eigenvalue weighted by molar-refractivity contribution is 0.541. The number of rotatable bonds is 6. The third-order valence-corrected chi connectivity index (χ3v) is 3.83. The van der Waals surface area contributed by atoms with Crippen molar-refractivity contribution >= 4 is 0 Å². The van der Waals surface area contributed by atoms with Crippen LogP contribution in [0.2, 0.25) is 0 Å². The highest BCUT2D eigenvalue weighted by atomic mass is 15.3. The van der Waals surface area contributed by atoms with Gasteiger partial charge in [-0.2, -0.15) is 5.10 Å². The molecule has 0 aliphatic heterocycles. The molecule has 2 rings (SSSR count). The number of hydrogen-bond donors (Lipinski definition) is 1. The van der Waals surface area contributed by atoms with Gasteiger partial charge in [-0.05, 0) is 27.7 Å². The Morgan fingerprint density at radius 2 is 1.90 bits per heavy atom. The zero-order valence-electron chi connectivity index (χ0n) is 14.0. The Bertz CT molecular complexity index is 592. The van der Waals surface area contributed by atoms with Crippen LogP contribution in [0.1, 0.15) is 56.4 Å². The molecule has 0 saturated carbocycles. The molecule has 0 unspecified atom stereocenters. The summed E-state index contributed by atoms with van der Waals surface area (Å²) in [5.74, 6) is 0. The topological polar surface area (TPSA) is 47.7 Å². The maximum absolute atomic E-state index is 4.70. The first-order chi connectivity index (χ1) is 9.90. The second-order valence-corrected chi connectivity index (χ2v) is 6.23. The van der Waals surface area contributed by atoms with Crippen LogP contribution >= 0.6 is 0 Å². The van der Waals surface area contributed by atoms with E-state index in [4.69, 9.17) is 5.10 Å². The molecule has 5 heteroatoms. The van der Waals surface area contributed by atoms with Gasteiger partial charge in [0.25, 0.3) is 0 Å². The van der Waals surface area contributed by atoms with Crippen molar-refractivity contribution in [3.8, 4) is 0 Å². The fourth-order valence-corrected chi connectivity index (χ4v) is 2.52. The van der Waals surface area contributed by atoms with Crippen molar-refractivity contribution in [2.75, 3.05) is 0 Å². The van der Waals surface area contributed by atoms with E-state index in [1.165, 1.54) is 17.0 Å². The molecule has 2 heterocycles. The van der Waals surface area contributed by atoms with E-state index < -0.39 is 0 Å². The van der Waals surface area contributed by atoms with E-state index in [-0.39, 0.29) is 0 Å². The van der Waals surface area contributed by atoms with E-state index in [0.29, 0.717) is 12.1 Å². The number of hydrogen-bond acceptors (Lipinski definition) is 3. The molecule has 0 aromatic carbocycles. The number of nitrogens with zero attached hydrogens (tertiary/aromatic N) is 4. The average molecular weight is 289 g/mol. The molecular formula is C16H27N5. The Balaban J connectivity index is 2.21. The Morgan fingerprint density at radius 3 is 2.52 bits per heavy atom. The SMILES string of the molecule is Cc1nn(Cc2cncn2C(C)C)c(C)c1CNC(C)C. The summed E-state index contributed by atoms with van der Waals surface area (Å²) in [4.78, 5) is 4.27. The Hall–Kier alpha value is -1.62. The first kappa shape index (κ1) is 15.8. The van der Waals surface area contributed by atoms with Gasteiger partial charge in [0.15, 0.2) is 0 Å². The quantitative estimate of drug-likeness (QED) is 0.889. The van der Waals surface area contributed by atoms with Crippen LogP contribution in [0.15, 0.2) is 12.5 Å². The molecule has 116 valence electrons. The summed E-state index contributed by atoms with van der Waals surface area (Å²) in [5, 5.41) is 8.17. The molecule has 2 aromatic heterocycles. The molecule has 21 heavy (non-hydrogen) atoms. The smallest absolute Gasteiger partial charge is 0.0951 e. The van der Waals surface area contributed by atoms with Gasteiger partial charge in [0, 0.05) is 29.9 Å². The van der Waals surface area contributed by atoms with E-state index >= 15 is 0 Å². The maximum atomic E-state index is 4.70. The van der Waals surface area contributed by atoms with E-state index in [1.54, 1.807) is 0 Å². The molecule has 0 atom stereocenters. The van der Waals surface area contributed by atoms with Crippen LogP contribution in [-0.4, -0.2) is 25.4 Å². The van der Waals surface area contributed by atoms with Crippen LogP contribution in [0.4, 0.5) is 0 Å². The largest absolute Gasteiger partial charge is 0.330 e. The van der Waals surface area contributed by atoms with Gasteiger partial charge >= 0.3 is 0 Å². The van der Waals surface area contributed by atoms with Crippen LogP contribution in [0, 0.1) is 13.8 Å². The number of imidazole rings is 1. The Labute approximate surface area is 127 Å². The van der Waals surface area contributed by atoms with Crippen molar-refractivity contribution in [2.24, 2.45) is 0 Å². The molecule has 0 aliphatic carbocycles. The van der Waals surface area contributed by atoms with Crippen LogP contribution in [0.3, 0.4) is 0 Å². The van der Waals surface area contributed by atoms with Crippen molar-refractivity contribution in [1.29, 1.82) is 0 Å². The fourth-order valence-electron chi connectivity index (χ4n) is 2.52. The van der Waals surface area contributed by atoms with Crippen LogP contribution < -0.4 is 5.32 Å².